The molecule has 0 saturated heterocycles. The van der Waals surface area contributed by atoms with Crippen molar-refractivity contribution in [3.8, 4) is 0 Å². The molecule has 1 heterocycles. The van der Waals surface area contributed by atoms with Gasteiger partial charge in [-0.3, -0.25) is 0 Å². The number of unbranched alkanes of at least 4 members (excludes halogenated alkanes) is 1. The highest BCUT2D eigenvalue weighted by Crippen LogP contribution is 2.30. The summed E-state index contributed by atoms with van der Waals surface area (Å²) in [6.45, 7) is 7.99. The zero-order chi connectivity index (χ0) is 16.8. The van der Waals surface area contributed by atoms with E-state index in [1.165, 1.54) is 0 Å². The van der Waals surface area contributed by atoms with E-state index in [1.54, 1.807) is 6.92 Å². The van der Waals surface area contributed by atoms with Crippen molar-refractivity contribution in [2.24, 2.45) is 0 Å². The molecule has 0 saturated carbocycles. The van der Waals surface area contributed by atoms with Crippen LogP contribution in [-0.4, -0.2) is 10.7 Å². The van der Waals surface area contributed by atoms with Gasteiger partial charge in [-0.15, -0.1) is 0 Å². The minimum Gasteiger partial charge on any atom is -0.340 e. The minimum atomic E-state index is 0.381. The fraction of sp³-hybridized carbons (Fsp3) is 0.263. The number of hydrogen-bond donors (Lipinski definition) is 2. The number of nitrogens with one attached hydrogen (secondary N) is 2. The van der Waals surface area contributed by atoms with Crippen LogP contribution in [0.15, 0.2) is 43.0 Å². The number of aromatic nitrogens is 1. The lowest BCUT2D eigenvalue weighted by molar-refractivity contribution is 0.823. The van der Waals surface area contributed by atoms with Gasteiger partial charge in [-0.1, -0.05) is 49.7 Å². The molecule has 0 aliphatic rings. The fourth-order valence-corrected chi connectivity index (χ4v) is 2.65. The van der Waals surface area contributed by atoms with E-state index < -0.39 is 0 Å². The van der Waals surface area contributed by atoms with Gasteiger partial charge in [0.05, 0.1) is 16.3 Å². The average molecular weight is 328 g/mol. The van der Waals surface area contributed by atoms with Gasteiger partial charge in [0.2, 0.25) is 0 Å². The Morgan fingerprint density at radius 2 is 2.00 bits per heavy atom. The van der Waals surface area contributed by atoms with Crippen molar-refractivity contribution in [3.63, 3.8) is 0 Å². The summed E-state index contributed by atoms with van der Waals surface area (Å²) in [4.78, 5) is 4.67. The Labute approximate surface area is 142 Å². The molecule has 1 aromatic carbocycles. The molecule has 4 heteroatoms. The Morgan fingerprint density at radius 1 is 1.30 bits per heavy atom. The van der Waals surface area contributed by atoms with Gasteiger partial charge in [0.1, 0.15) is 5.82 Å². The molecular weight excluding hydrogens is 306 g/mol. The summed E-state index contributed by atoms with van der Waals surface area (Å²) in [6, 6.07) is 11.6. The van der Waals surface area contributed by atoms with E-state index in [1.807, 2.05) is 36.4 Å². The van der Waals surface area contributed by atoms with Crippen LogP contribution >= 0.6 is 11.6 Å². The predicted octanol–water partition coefficient (Wildman–Crippen LogP) is 6.07. The third-order valence-electron chi connectivity index (χ3n) is 3.58. The largest absolute Gasteiger partial charge is 0.340 e. The third-order valence-corrected chi connectivity index (χ3v) is 3.88. The highest BCUT2D eigenvalue weighted by atomic mass is 35.5. The van der Waals surface area contributed by atoms with Crippen molar-refractivity contribution < 1.29 is 0 Å². The van der Waals surface area contributed by atoms with E-state index >= 15 is 0 Å². The van der Waals surface area contributed by atoms with Crippen molar-refractivity contribution in [2.45, 2.75) is 33.1 Å². The first-order chi connectivity index (χ1) is 11.0. The number of pyridine rings is 1. The van der Waals surface area contributed by atoms with E-state index in [9.17, 15) is 0 Å². The molecule has 0 amide bonds. The average Bonchev–Trinajstić information content (AvgIpc) is 2.52. The number of allylic oxidation sites excluding steroid dienone is 1. The molecule has 0 radical (unpaired) electrons. The number of benzene rings is 1. The summed E-state index contributed by atoms with van der Waals surface area (Å²) in [5, 5.41) is 11.8. The number of rotatable bonds is 7. The molecule has 0 atom stereocenters. The fourth-order valence-electron chi connectivity index (χ4n) is 2.32. The lowest BCUT2D eigenvalue weighted by Crippen LogP contribution is -2.06. The van der Waals surface area contributed by atoms with Crippen molar-refractivity contribution in [2.75, 3.05) is 5.32 Å². The maximum Gasteiger partial charge on any atom is 0.141 e. The number of halogens is 1. The Morgan fingerprint density at radius 3 is 2.61 bits per heavy atom. The second-order valence-electron chi connectivity index (χ2n) is 5.54. The van der Waals surface area contributed by atoms with Crippen molar-refractivity contribution in [1.29, 1.82) is 5.41 Å². The highest BCUT2D eigenvalue weighted by Gasteiger charge is 2.15. The van der Waals surface area contributed by atoms with Gasteiger partial charge < -0.3 is 10.7 Å². The second kappa shape index (κ2) is 7.93. The van der Waals surface area contributed by atoms with Gasteiger partial charge in [0.25, 0.3) is 0 Å². The molecule has 23 heavy (non-hydrogen) atoms. The molecule has 2 rings (SSSR count). The lowest BCUT2D eigenvalue weighted by Gasteiger charge is -2.15. The van der Waals surface area contributed by atoms with Crippen LogP contribution in [0.4, 0.5) is 11.5 Å². The first-order valence-electron chi connectivity index (χ1n) is 7.79. The molecule has 2 aromatic rings. The normalized spacial score (nSPS) is 10.4. The zero-order valence-electron chi connectivity index (χ0n) is 13.6. The summed E-state index contributed by atoms with van der Waals surface area (Å²) in [7, 11) is 0. The SMILES string of the molecule is C=C(CCCC)c1cc(Cl)c(C(C)=N)c(Nc2ccccc2)n1. The lowest BCUT2D eigenvalue weighted by atomic mass is 10.0. The van der Waals surface area contributed by atoms with E-state index in [-0.39, 0.29) is 0 Å². The number of hydrogen-bond acceptors (Lipinski definition) is 3. The van der Waals surface area contributed by atoms with E-state index in [0.717, 1.165) is 36.2 Å². The first-order valence-corrected chi connectivity index (χ1v) is 8.17. The topological polar surface area (TPSA) is 48.8 Å². The van der Waals surface area contributed by atoms with Crippen LogP contribution in [0, 0.1) is 5.41 Å². The van der Waals surface area contributed by atoms with Crippen molar-refractivity contribution in [1.82, 2.24) is 4.98 Å². The van der Waals surface area contributed by atoms with Crippen LogP contribution in [0.5, 0.6) is 0 Å². The number of para-hydroxylation sites is 1. The van der Waals surface area contributed by atoms with Crippen LogP contribution < -0.4 is 5.32 Å². The summed E-state index contributed by atoms with van der Waals surface area (Å²) in [6.07, 6.45) is 3.08. The van der Waals surface area contributed by atoms with Crippen LogP contribution in [0.3, 0.4) is 0 Å². The van der Waals surface area contributed by atoms with Gasteiger partial charge in [-0.05, 0) is 43.5 Å². The van der Waals surface area contributed by atoms with Gasteiger partial charge in [-0.2, -0.15) is 0 Å². The predicted molar refractivity (Wildman–Crippen MR) is 100 cm³/mol. The Kier molecular flexibility index (Phi) is 5.94. The van der Waals surface area contributed by atoms with Crippen LogP contribution in [0.25, 0.3) is 5.57 Å². The van der Waals surface area contributed by atoms with Crippen molar-refractivity contribution in [3.05, 3.63) is 59.3 Å². The quantitative estimate of drug-likeness (QED) is 0.606. The molecule has 0 aliphatic carbocycles. The first kappa shape index (κ1) is 17.2. The minimum absolute atomic E-state index is 0.381. The Hall–Kier alpha value is -2.13. The van der Waals surface area contributed by atoms with Gasteiger partial charge in [0.15, 0.2) is 0 Å². The standard InChI is InChI=1S/C19H22ClN3/c1-4-5-9-13(2)17-12-16(20)18(14(3)21)19(23-17)22-15-10-7-6-8-11-15/h6-8,10-12,21H,2,4-5,9H2,1,3H3,(H,22,23). The molecular formula is C19H22ClN3. The van der Waals surface area contributed by atoms with Crippen LogP contribution in [0.2, 0.25) is 5.02 Å². The van der Waals surface area contributed by atoms with E-state index in [2.05, 4.69) is 23.8 Å². The van der Waals surface area contributed by atoms with Gasteiger partial charge in [0, 0.05) is 11.4 Å². The Bertz CT molecular complexity index is 708. The maximum atomic E-state index is 7.98. The third kappa shape index (κ3) is 4.42. The second-order valence-corrected chi connectivity index (χ2v) is 5.94. The maximum absolute atomic E-state index is 7.98. The monoisotopic (exact) mass is 327 g/mol. The molecule has 3 nitrogen and oxygen atoms in total. The van der Waals surface area contributed by atoms with Gasteiger partial charge in [-0.25, -0.2) is 4.98 Å². The summed E-state index contributed by atoms with van der Waals surface area (Å²) < 4.78 is 0. The summed E-state index contributed by atoms with van der Waals surface area (Å²) >= 11 is 6.41. The molecule has 0 bridgehead atoms. The number of nitrogens with zero attached hydrogens (tertiary/aromatic N) is 1. The molecule has 2 N–H and O–H groups in total. The molecule has 120 valence electrons. The summed E-state index contributed by atoms with van der Waals surface area (Å²) in [5.41, 5.74) is 3.68. The van der Waals surface area contributed by atoms with E-state index in [0.29, 0.717) is 22.1 Å². The van der Waals surface area contributed by atoms with Gasteiger partial charge >= 0.3 is 0 Å². The van der Waals surface area contributed by atoms with Crippen LogP contribution in [-0.2, 0) is 0 Å². The summed E-state index contributed by atoms with van der Waals surface area (Å²) in [5.74, 6) is 0.601. The van der Waals surface area contributed by atoms with E-state index in [4.69, 9.17) is 17.0 Å². The number of anilines is 2. The molecule has 0 fully saturated rings. The molecule has 1 aromatic heterocycles. The smallest absolute Gasteiger partial charge is 0.141 e. The zero-order valence-corrected chi connectivity index (χ0v) is 14.4. The molecule has 0 unspecified atom stereocenters. The van der Waals surface area contributed by atoms with Crippen LogP contribution in [0.1, 0.15) is 44.4 Å². The van der Waals surface area contributed by atoms with Crippen molar-refractivity contribution >= 4 is 34.4 Å². The Balaban J connectivity index is 2.42. The molecule has 0 spiro atoms. The molecule has 0 aliphatic heterocycles. The highest BCUT2D eigenvalue weighted by molar-refractivity contribution is 6.35.